The maximum Gasteiger partial charge on any atom is 0.407 e. The number of carbonyl (C=O) groups excluding carboxylic acids is 3. The van der Waals surface area contributed by atoms with E-state index in [4.69, 9.17) is 19.6 Å². The molecule has 11 nitrogen and oxygen atoms in total. The number of nitrogens with zero attached hydrogens (tertiary/aromatic N) is 1. The van der Waals surface area contributed by atoms with E-state index >= 15 is 0 Å². The van der Waals surface area contributed by atoms with Gasteiger partial charge in [-0.25, -0.2) is 14.0 Å². The minimum absolute atomic E-state index is 0.221. The Morgan fingerprint density at radius 1 is 1.06 bits per heavy atom. The fourth-order valence-corrected chi connectivity index (χ4v) is 7.20. The summed E-state index contributed by atoms with van der Waals surface area (Å²) in [7, 11) is 1.54. The van der Waals surface area contributed by atoms with Gasteiger partial charge >= 0.3 is 12.1 Å². The third kappa shape index (κ3) is 7.06. The number of alkyl halides is 1. The first-order valence-corrected chi connectivity index (χ1v) is 15.9. The van der Waals surface area contributed by atoms with E-state index in [-0.39, 0.29) is 24.0 Å². The largest absolute Gasteiger partial charge is 0.497 e. The summed E-state index contributed by atoms with van der Waals surface area (Å²) >= 11 is 0. The number of aromatic carboxylic acids is 1. The Morgan fingerprint density at radius 2 is 1.72 bits per heavy atom. The fourth-order valence-electron chi connectivity index (χ4n) is 7.20. The fraction of sp³-hybridized carbons (Fsp3) is 0.486. The highest BCUT2D eigenvalue weighted by Gasteiger charge is 2.51. The number of amides is 3. The van der Waals surface area contributed by atoms with Crippen molar-refractivity contribution in [2.45, 2.75) is 82.5 Å². The van der Waals surface area contributed by atoms with Crippen LogP contribution in [0.1, 0.15) is 86.5 Å². The van der Waals surface area contributed by atoms with Crippen LogP contribution in [0.2, 0.25) is 0 Å². The molecule has 47 heavy (non-hydrogen) atoms. The number of nitrogens with two attached hydrogens (primary N) is 1. The summed E-state index contributed by atoms with van der Waals surface area (Å²) < 4.78 is 30.5. The number of ether oxygens (including phenoxy) is 2. The number of carbonyl (C=O) groups is 4. The Kier molecular flexibility index (Phi) is 9.78. The second-order valence-corrected chi connectivity index (χ2v) is 13.4. The SMILES string of the molecule is COc1ccc([C@@H]2CC(c3c(C(=O)O)oc4ccccc34)N(C(=O)[C@H]3CC[C@H](C(CF)NC(=O)OC(C)(C)C)CC3)[C@@H]2C(N)=O)cc1. The van der Waals surface area contributed by atoms with Crippen molar-refractivity contribution < 1.29 is 42.6 Å². The highest BCUT2D eigenvalue weighted by Crippen LogP contribution is 2.50. The first kappa shape index (κ1) is 33.7. The van der Waals surface area contributed by atoms with Crippen molar-refractivity contribution in [1.82, 2.24) is 10.2 Å². The molecular formula is C35H42FN3O8. The lowest BCUT2D eigenvalue weighted by molar-refractivity contribution is -0.144. The second-order valence-electron chi connectivity index (χ2n) is 13.4. The summed E-state index contributed by atoms with van der Waals surface area (Å²) in [6.45, 7) is 4.40. The highest BCUT2D eigenvalue weighted by atomic mass is 19.1. The zero-order chi connectivity index (χ0) is 34.0. The molecule has 0 radical (unpaired) electrons. The van der Waals surface area contributed by atoms with E-state index in [1.54, 1.807) is 64.3 Å². The number of furan rings is 1. The van der Waals surface area contributed by atoms with Gasteiger partial charge in [-0.05, 0) is 82.6 Å². The maximum absolute atomic E-state index is 14.6. The van der Waals surface area contributed by atoms with Crippen molar-refractivity contribution >= 4 is 34.8 Å². The third-order valence-corrected chi connectivity index (χ3v) is 9.30. The molecule has 1 saturated carbocycles. The number of fused-ring (bicyclic) bond motifs is 1. The number of benzene rings is 2. The molecule has 2 heterocycles. The molecular weight excluding hydrogens is 609 g/mol. The van der Waals surface area contributed by atoms with Crippen molar-refractivity contribution in [3.8, 4) is 5.75 Å². The lowest BCUT2D eigenvalue weighted by atomic mass is 9.78. The number of para-hydroxylation sites is 1. The van der Waals surface area contributed by atoms with Crippen LogP contribution < -0.4 is 15.8 Å². The summed E-state index contributed by atoms with van der Waals surface area (Å²) in [5.41, 5.74) is 6.73. The lowest BCUT2D eigenvalue weighted by Gasteiger charge is -2.37. The average molecular weight is 652 g/mol. The molecule has 3 aromatic rings. The van der Waals surface area contributed by atoms with Crippen LogP contribution in [0.15, 0.2) is 52.9 Å². The summed E-state index contributed by atoms with van der Waals surface area (Å²) in [6, 6.07) is 11.4. The molecule has 1 aliphatic carbocycles. The Hall–Kier alpha value is -4.61. The van der Waals surface area contributed by atoms with Crippen molar-refractivity contribution in [2.75, 3.05) is 13.8 Å². The van der Waals surface area contributed by atoms with E-state index in [2.05, 4.69) is 5.32 Å². The van der Waals surface area contributed by atoms with Crippen molar-refractivity contribution in [1.29, 1.82) is 0 Å². The van der Waals surface area contributed by atoms with E-state index in [1.165, 1.54) is 4.90 Å². The number of rotatable bonds is 9. The monoisotopic (exact) mass is 651 g/mol. The number of hydrogen-bond acceptors (Lipinski definition) is 7. The quantitative estimate of drug-likeness (QED) is 0.265. The number of hydrogen-bond donors (Lipinski definition) is 3. The first-order chi connectivity index (χ1) is 22.3. The summed E-state index contributed by atoms with van der Waals surface area (Å²) in [6.07, 6.45) is 1.21. The Balaban J connectivity index is 1.47. The van der Waals surface area contributed by atoms with E-state index in [0.717, 1.165) is 5.56 Å². The topological polar surface area (TPSA) is 161 Å². The second kappa shape index (κ2) is 13.6. The number of carboxylic acid groups (broad SMARTS) is 1. The molecule has 2 fully saturated rings. The molecule has 1 saturated heterocycles. The summed E-state index contributed by atoms with van der Waals surface area (Å²) in [5.74, 6) is -3.29. The number of carboxylic acids is 1. The van der Waals surface area contributed by atoms with Crippen molar-refractivity contribution in [2.24, 2.45) is 17.6 Å². The molecule has 2 aliphatic rings. The molecule has 1 aliphatic heterocycles. The van der Waals surface area contributed by atoms with Gasteiger partial charge in [0.05, 0.1) is 19.2 Å². The number of halogens is 1. The standard InChI is InChI=1S/C35H42FN3O8/c1-35(2,3)47-34(44)38-25(18-36)20-9-11-21(12-10-20)32(41)39-26(28-23-7-5-6-8-27(23)46-30(28)33(42)43)17-24(29(39)31(37)40)19-13-15-22(45-4)16-14-19/h5-8,13-16,20-21,24-26,29H,9-12,17-18H2,1-4H3,(H2,37,40)(H,38,44)(H,42,43)/t20-,21-,24-,25?,26?,29-/m0/s1. The van der Waals surface area contributed by atoms with Gasteiger partial charge in [0, 0.05) is 22.8 Å². The molecule has 2 unspecified atom stereocenters. The van der Waals surface area contributed by atoms with Gasteiger partial charge in [-0.2, -0.15) is 0 Å². The number of primary amides is 1. The molecule has 5 rings (SSSR count). The van der Waals surface area contributed by atoms with E-state index < -0.39 is 60.2 Å². The average Bonchev–Trinajstić information content (AvgIpc) is 3.62. The van der Waals surface area contributed by atoms with Crippen LogP contribution in [-0.2, 0) is 14.3 Å². The van der Waals surface area contributed by atoms with Crippen LogP contribution >= 0.6 is 0 Å². The zero-order valence-corrected chi connectivity index (χ0v) is 27.0. The zero-order valence-electron chi connectivity index (χ0n) is 27.0. The summed E-state index contributed by atoms with van der Waals surface area (Å²) in [4.78, 5) is 54.1. The lowest BCUT2D eigenvalue weighted by Crippen LogP contribution is -2.50. The van der Waals surface area contributed by atoms with Gasteiger partial charge < -0.3 is 34.9 Å². The van der Waals surface area contributed by atoms with E-state index in [1.807, 2.05) is 12.1 Å². The van der Waals surface area contributed by atoms with Gasteiger partial charge in [0.15, 0.2) is 0 Å². The predicted molar refractivity (Wildman–Crippen MR) is 171 cm³/mol. The molecule has 3 amide bonds. The van der Waals surface area contributed by atoms with Crippen molar-refractivity contribution in [3.63, 3.8) is 0 Å². The van der Waals surface area contributed by atoms with Crippen LogP contribution in [0.25, 0.3) is 11.0 Å². The number of alkyl carbamates (subject to hydrolysis) is 1. The van der Waals surface area contributed by atoms with Gasteiger partial charge in [0.25, 0.3) is 0 Å². The number of nitrogens with one attached hydrogen (secondary N) is 1. The molecule has 1 aromatic heterocycles. The first-order valence-electron chi connectivity index (χ1n) is 15.9. The van der Waals surface area contributed by atoms with Gasteiger partial charge in [-0.15, -0.1) is 0 Å². The van der Waals surface area contributed by atoms with Crippen LogP contribution in [0.3, 0.4) is 0 Å². The summed E-state index contributed by atoms with van der Waals surface area (Å²) in [5, 5.41) is 13.3. The van der Waals surface area contributed by atoms with E-state index in [9.17, 15) is 28.7 Å². The predicted octanol–water partition coefficient (Wildman–Crippen LogP) is 5.72. The Morgan fingerprint density at radius 3 is 2.30 bits per heavy atom. The minimum atomic E-state index is -1.29. The Labute approximate surface area is 272 Å². The maximum atomic E-state index is 14.6. The molecule has 0 spiro atoms. The number of methoxy groups -OCH3 is 1. The highest BCUT2D eigenvalue weighted by molar-refractivity contribution is 5.97. The minimum Gasteiger partial charge on any atom is -0.497 e. The van der Waals surface area contributed by atoms with Crippen LogP contribution in [-0.4, -0.2) is 65.4 Å². The van der Waals surface area contributed by atoms with Crippen LogP contribution in [0.4, 0.5) is 9.18 Å². The van der Waals surface area contributed by atoms with Gasteiger partial charge in [0.1, 0.15) is 29.7 Å². The van der Waals surface area contributed by atoms with Gasteiger partial charge in [0.2, 0.25) is 17.6 Å². The molecule has 12 heteroatoms. The van der Waals surface area contributed by atoms with E-state index in [0.29, 0.717) is 48.0 Å². The van der Waals surface area contributed by atoms with Gasteiger partial charge in [-0.1, -0.05) is 30.3 Å². The number of likely N-dealkylation sites (tertiary alicyclic amines) is 1. The smallest absolute Gasteiger partial charge is 0.407 e. The Bertz CT molecular complexity index is 1620. The van der Waals surface area contributed by atoms with Gasteiger partial charge in [-0.3, -0.25) is 9.59 Å². The molecule has 252 valence electrons. The molecule has 4 atom stereocenters. The molecule has 0 bridgehead atoms. The third-order valence-electron chi connectivity index (χ3n) is 9.30. The normalized spacial score (nSPS) is 23.7. The molecule has 2 aromatic carbocycles. The molecule has 4 N–H and O–H groups in total. The van der Waals surface area contributed by atoms with Crippen molar-refractivity contribution in [3.05, 3.63) is 65.4 Å². The van der Waals surface area contributed by atoms with Crippen LogP contribution in [0.5, 0.6) is 5.75 Å². The van der Waals surface area contributed by atoms with Crippen LogP contribution in [0, 0.1) is 11.8 Å².